The number of ether oxygens (including phenoxy) is 2. The van der Waals surface area contributed by atoms with Crippen LogP contribution in [0.5, 0.6) is 11.5 Å². The van der Waals surface area contributed by atoms with Gasteiger partial charge >= 0.3 is 0 Å². The van der Waals surface area contributed by atoms with E-state index in [2.05, 4.69) is 19.2 Å². The van der Waals surface area contributed by atoms with Crippen molar-refractivity contribution in [1.82, 2.24) is 0 Å². The number of hydrogen-bond acceptors (Lipinski definition) is 4. The van der Waals surface area contributed by atoms with Gasteiger partial charge in [0.1, 0.15) is 11.5 Å². The van der Waals surface area contributed by atoms with Crippen molar-refractivity contribution in [2.45, 2.75) is 19.8 Å². The van der Waals surface area contributed by atoms with Crippen LogP contribution < -0.4 is 20.5 Å². The highest BCUT2D eigenvalue weighted by atomic mass is 35.5. The van der Waals surface area contributed by atoms with Crippen LogP contribution in [-0.4, -0.2) is 19.6 Å². The largest absolute Gasteiger partial charge is 0.497 e. The quantitative estimate of drug-likeness (QED) is 0.776. The summed E-state index contributed by atoms with van der Waals surface area (Å²) in [5.41, 5.74) is 8.04. The molecule has 0 saturated carbocycles. The second-order valence-corrected chi connectivity index (χ2v) is 5.51. The number of halogens is 1. The second kappa shape index (κ2) is 9.03. The van der Waals surface area contributed by atoms with Gasteiger partial charge in [0.25, 0.3) is 5.91 Å². The topological polar surface area (TPSA) is 73.6 Å². The van der Waals surface area contributed by atoms with E-state index in [9.17, 15) is 4.79 Å². The maximum absolute atomic E-state index is 12.0. The molecule has 0 radical (unpaired) electrons. The summed E-state index contributed by atoms with van der Waals surface area (Å²) in [6.45, 7) is 4.17. The highest BCUT2D eigenvalue weighted by molar-refractivity contribution is 5.95. The number of hydrogen-bond donors (Lipinski definition) is 2. The van der Waals surface area contributed by atoms with Crippen molar-refractivity contribution < 1.29 is 14.3 Å². The number of amides is 1. The molecule has 6 heteroatoms. The first kappa shape index (κ1) is 19.6. The zero-order valence-electron chi connectivity index (χ0n) is 14.0. The molecule has 0 aliphatic carbocycles. The monoisotopic (exact) mass is 350 g/mol. The van der Waals surface area contributed by atoms with Crippen LogP contribution in [0, 0.1) is 0 Å². The van der Waals surface area contributed by atoms with Crippen molar-refractivity contribution in [3.63, 3.8) is 0 Å². The average Bonchev–Trinajstić information content (AvgIpc) is 2.55. The normalized spacial score (nSPS) is 10.0. The van der Waals surface area contributed by atoms with Gasteiger partial charge in [-0.3, -0.25) is 4.79 Å². The number of benzene rings is 2. The molecule has 130 valence electrons. The van der Waals surface area contributed by atoms with Crippen molar-refractivity contribution >= 4 is 29.7 Å². The van der Waals surface area contributed by atoms with E-state index >= 15 is 0 Å². The third-order valence-electron chi connectivity index (χ3n) is 3.45. The van der Waals surface area contributed by atoms with Crippen LogP contribution in [0.2, 0.25) is 0 Å². The molecule has 1 amide bonds. The van der Waals surface area contributed by atoms with E-state index in [1.807, 2.05) is 24.3 Å². The van der Waals surface area contributed by atoms with E-state index in [-0.39, 0.29) is 24.9 Å². The number of carbonyl (C=O) groups is 1. The van der Waals surface area contributed by atoms with Crippen LogP contribution in [0.3, 0.4) is 0 Å². The van der Waals surface area contributed by atoms with Crippen molar-refractivity contribution in [3.8, 4) is 11.5 Å². The summed E-state index contributed by atoms with van der Waals surface area (Å²) in [4.78, 5) is 12.0. The molecule has 3 N–H and O–H groups in total. The first-order chi connectivity index (χ1) is 11.0. The van der Waals surface area contributed by atoms with Crippen LogP contribution in [0.25, 0.3) is 0 Å². The van der Waals surface area contributed by atoms with Crippen molar-refractivity contribution in [2.24, 2.45) is 0 Å². The molecule has 0 bridgehead atoms. The van der Waals surface area contributed by atoms with E-state index in [0.29, 0.717) is 28.8 Å². The van der Waals surface area contributed by atoms with Gasteiger partial charge in [-0.15, -0.1) is 12.4 Å². The summed E-state index contributed by atoms with van der Waals surface area (Å²) in [6, 6.07) is 12.8. The maximum atomic E-state index is 12.0. The molecular weight excluding hydrogens is 328 g/mol. The maximum Gasteiger partial charge on any atom is 0.262 e. The van der Waals surface area contributed by atoms with Gasteiger partial charge in [-0.2, -0.15) is 0 Å². The Morgan fingerprint density at radius 2 is 1.75 bits per heavy atom. The predicted molar refractivity (Wildman–Crippen MR) is 99.3 cm³/mol. The van der Waals surface area contributed by atoms with E-state index in [0.717, 1.165) is 0 Å². The molecule has 0 atom stereocenters. The molecule has 2 aromatic carbocycles. The van der Waals surface area contributed by atoms with Gasteiger partial charge in [0, 0.05) is 6.07 Å². The van der Waals surface area contributed by atoms with Crippen molar-refractivity contribution in [3.05, 3.63) is 48.0 Å². The Kier molecular flexibility index (Phi) is 7.39. The molecule has 0 heterocycles. The second-order valence-electron chi connectivity index (χ2n) is 5.51. The fourth-order valence-electron chi connectivity index (χ4n) is 2.05. The molecule has 0 aliphatic heterocycles. The number of nitrogen functional groups attached to an aromatic ring is 1. The Bertz CT molecular complexity index is 672. The van der Waals surface area contributed by atoms with E-state index in [1.165, 1.54) is 5.56 Å². The summed E-state index contributed by atoms with van der Waals surface area (Å²) in [6.07, 6.45) is 0. The zero-order chi connectivity index (χ0) is 16.8. The van der Waals surface area contributed by atoms with Gasteiger partial charge in [0.05, 0.1) is 18.5 Å². The lowest BCUT2D eigenvalue weighted by Gasteiger charge is -2.11. The van der Waals surface area contributed by atoms with Gasteiger partial charge in [-0.1, -0.05) is 26.0 Å². The lowest BCUT2D eigenvalue weighted by molar-refractivity contribution is -0.118. The van der Waals surface area contributed by atoms with E-state index < -0.39 is 0 Å². The van der Waals surface area contributed by atoms with Gasteiger partial charge in [-0.25, -0.2) is 0 Å². The van der Waals surface area contributed by atoms with Crippen LogP contribution >= 0.6 is 12.4 Å². The molecule has 2 aromatic rings. The zero-order valence-corrected chi connectivity index (χ0v) is 14.9. The Morgan fingerprint density at radius 3 is 2.33 bits per heavy atom. The molecule has 0 saturated heterocycles. The number of carbonyl (C=O) groups excluding carboxylic acids is 1. The molecule has 2 rings (SSSR count). The minimum Gasteiger partial charge on any atom is -0.497 e. The van der Waals surface area contributed by atoms with Crippen LogP contribution in [0.1, 0.15) is 25.3 Å². The summed E-state index contributed by atoms with van der Waals surface area (Å²) < 4.78 is 10.6. The first-order valence-corrected chi connectivity index (χ1v) is 7.45. The standard InChI is InChI=1S/C18H22N2O3.ClH/c1-12(2)13-4-6-14(7-5-13)23-11-18(21)20-17-10-15(22-3)8-9-16(17)19;/h4-10,12H,11,19H2,1-3H3,(H,20,21);1H. The molecule has 5 nitrogen and oxygen atoms in total. The number of anilines is 2. The molecule has 0 unspecified atom stereocenters. The minimum atomic E-state index is -0.280. The Hall–Kier alpha value is -2.40. The Morgan fingerprint density at radius 1 is 1.12 bits per heavy atom. The summed E-state index contributed by atoms with van der Waals surface area (Å²) in [5, 5.41) is 2.72. The number of rotatable bonds is 6. The molecule has 0 aliphatic rings. The van der Waals surface area contributed by atoms with Crippen LogP contribution in [0.4, 0.5) is 11.4 Å². The third kappa shape index (κ3) is 5.35. The number of nitrogens with one attached hydrogen (secondary N) is 1. The van der Waals surface area contributed by atoms with Gasteiger partial charge in [0.2, 0.25) is 0 Å². The molecule has 0 aromatic heterocycles. The Balaban J connectivity index is 0.00000288. The molecule has 24 heavy (non-hydrogen) atoms. The lowest BCUT2D eigenvalue weighted by atomic mass is 10.0. The summed E-state index contributed by atoms with van der Waals surface area (Å²) in [5.74, 6) is 1.46. The lowest BCUT2D eigenvalue weighted by Crippen LogP contribution is -2.20. The molecular formula is C18H23ClN2O3. The van der Waals surface area contributed by atoms with E-state index in [4.69, 9.17) is 15.2 Å². The molecule has 0 fully saturated rings. The summed E-state index contributed by atoms with van der Waals surface area (Å²) in [7, 11) is 1.56. The van der Waals surface area contributed by atoms with Crippen LogP contribution in [0.15, 0.2) is 42.5 Å². The number of nitrogens with two attached hydrogens (primary N) is 1. The van der Waals surface area contributed by atoms with Gasteiger partial charge < -0.3 is 20.5 Å². The molecule has 0 spiro atoms. The van der Waals surface area contributed by atoms with Crippen molar-refractivity contribution in [1.29, 1.82) is 0 Å². The predicted octanol–water partition coefficient (Wildman–Crippen LogP) is 3.84. The highest BCUT2D eigenvalue weighted by Gasteiger charge is 2.08. The average molecular weight is 351 g/mol. The van der Waals surface area contributed by atoms with Crippen molar-refractivity contribution in [2.75, 3.05) is 24.8 Å². The minimum absolute atomic E-state index is 0. The SMILES string of the molecule is COc1ccc(N)c(NC(=O)COc2ccc(C(C)C)cc2)c1.Cl. The van der Waals surface area contributed by atoms with E-state index in [1.54, 1.807) is 25.3 Å². The van der Waals surface area contributed by atoms with Crippen LogP contribution in [-0.2, 0) is 4.79 Å². The van der Waals surface area contributed by atoms with Gasteiger partial charge in [0.15, 0.2) is 6.61 Å². The first-order valence-electron chi connectivity index (χ1n) is 7.45. The summed E-state index contributed by atoms with van der Waals surface area (Å²) >= 11 is 0. The highest BCUT2D eigenvalue weighted by Crippen LogP contribution is 2.24. The fraction of sp³-hybridized carbons (Fsp3) is 0.278. The number of methoxy groups -OCH3 is 1. The fourth-order valence-corrected chi connectivity index (χ4v) is 2.05. The van der Waals surface area contributed by atoms with Gasteiger partial charge in [-0.05, 0) is 35.7 Å². The Labute approximate surface area is 148 Å². The smallest absolute Gasteiger partial charge is 0.262 e. The third-order valence-corrected chi connectivity index (χ3v) is 3.45.